The highest BCUT2D eigenvalue weighted by atomic mass is 16.5. The van der Waals surface area contributed by atoms with Crippen molar-refractivity contribution in [3.05, 3.63) is 0 Å². The van der Waals surface area contributed by atoms with Gasteiger partial charge in [0.15, 0.2) is 0 Å². The van der Waals surface area contributed by atoms with Crippen molar-refractivity contribution in [2.45, 2.75) is 26.3 Å². The minimum absolute atomic E-state index is 0.166. The summed E-state index contributed by atoms with van der Waals surface area (Å²) in [5.74, 6) is 0. The molecule has 0 aromatic rings. The Bertz CT molecular complexity index is 100. The quantitative estimate of drug-likeness (QED) is 0.444. The molecule has 80 valence electrons. The normalized spacial score (nSPS) is 15.7. The predicted molar refractivity (Wildman–Crippen MR) is 48.1 cm³/mol. The number of nitrogens with one attached hydrogen (secondary N) is 1. The molecule has 0 bridgehead atoms. The third-order valence-corrected chi connectivity index (χ3v) is 1.34. The molecular weight excluding hydrogens is 174 g/mol. The summed E-state index contributed by atoms with van der Waals surface area (Å²) in [5.41, 5.74) is 0. The SMILES string of the molecule is CCOCC(O)NC(O)COCC. The van der Waals surface area contributed by atoms with Gasteiger partial charge in [0.05, 0.1) is 13.2 Å². The van der Waals surface area contributed by atoms with Gasteiger partial charge in [-0.05, 0) is 13.8 Å². The molecule has 0 heterocycles. The van der Waals surface area contributed by atoms with E-state index in [-0.39, 0.29) is 13.2 Å². The highest BCUT2D eigenvalue weighted by Gasteiger charge is 2.09. The summed E-state index contributed by atoms with van der Waals surface area (Å²) in [7, 11) is 0. The van der Waals surface area contributed by atoms with Crippen LogP contribution in [0.25, 0.3) is 0 Å². The fourth-order valence-corrected chi connectivity index (χ4v) is 0.777. The zero-order valence-electron chi connectivity index (χ0n) is 8.19. The molecule has 0 aromatic heterocycles. The van der Waals surface area contributed by atoms with E-state index in [1.54, 1.807) is 0 Å². The largest absolute Gasteiger partial charge is 0.378 e. The number of aliphatic hydroxyl groups excluding tert-OH is 2. The van der Waals surface area contributed by atoms with E-state index in [9.17, 15) is 10.2 Å². The first-order valence-electron chi connectivity index (χ1n) is 4.48. The first kappa shape index (κ1) is 12.8. The average Bonchev–Trinajstić information content (AvgIpc) is 2.11. The van der Waals surface area contributed by atoms with E-state index in [0.717, 1.165) is 0 Å². The molecule has 5 nitrogen and oxygen atoms in total. The number of hydrogen-bond donors (Lipinski definition) is 3. The maximum atomic E-state index is 9.20. The van der Waals surface area contributed by atoms with Gasteiger partial charge < -0.3 is 19.7 Å². The molecule has 0 fully saturated rings. The summed E-state index contributed by atoms with van der Waals surface area (Å²) in [6.45, 7) is 5.09. The summed E-state index contributed by atoms with van der Waals surface area (Å²) in [4.78, 5) is 0. The van der Waals surface area contributed by atoms with E-state index in [0.29, 0.717) is 13.2 Å². The van der Waals surface area contributed by atoms with Gasteiger partial charge in [-0.1, -0.05) is 0 Å². The van der Waals surface area contributed by atoms with Crippen molar-refractivity contribution in [1.29, 1.82) is 0 Å². The Kier molecular flexibility index (Phi) is 8.27. The standard InChI is InChI=1S/C8H19NO4/c1-3-12-5-7(10)9-8(11)6-13-4-2/h7-11H,3-6H2,1-2H3. The van der Waals surface area contributed by atoms with Gasteiger partial charge in [0.25, 0.3) is 0 Å². The molecule has 0 aliphatic rings. The first-order chi connectivity index (χ1) is 6.20. The van der Waals surface area contributed by atoms with Crippen LogP contribution in [0.2, 0.25) is 0 Å². The lowest BCUT2D eigenvalue weighted by molar-refractivity contribution is -0.0423. The van der Waals surface area contributed by atoms with E-state index in [1.165, 1.54) is 0 Å². The molecule has 0 radical (unpaired) electrons. The van der Waals surface area contributed by atoms with Crippen LogP contribution in [-0.2, 0) is 9.47 Å². The first-order valence-corrected chi connectivity index (χ1v) is 4.48. The van der Waals surface area contributed by atoms with Crippen molar-refractivity contribution >= 4 is 0 Å². The molecule has 3 N–H and O–H groups in total. The van der Waals surface area contributed by atoms with Crippen molar-refractivity contribution in [2.75, 3.05) is 26.4 Å². The van der Waals surface area contributed by atoms with Gasteiger partial charge >= 0.3 is 0 Å². The Morgan fingerprint density at radius 2 is 1.38 bits per heavy atom. The molecule has 0 aromatic carbocycles. The predicted octanol–water partition coefficient (Wildman–Crippen LogP) is -0.714. The number of aliphatic hydroxyl groups is 2. The lowest BCUT2D eigenvalue weighted by Gasteiger charge is -2.17. The maximum Gasteiger partial charge on any atom is 0.130 e. The Labute approximate surface area is 78.7 Å². The third kappa shape index (κ3) is 8.14. The Hall–Kier alpha value is -0.200. The number of hydrogen-bond acceptors (Lipinski definition) is 5. The molecule has 0 saturated heterocycles. The molecule has 0 aliphatic heterocycles. The molecule has 2 unspecified atom stereocenters. The van der Waals surface area contributed by atoms with Crippen LogP contribution >= 0.6 is 0 Å². The smallest absolute Gasteiger partial charge is 0.130 e. The molecule has 0 saturated carbocycles. The van der Waals surface area contributed by atoms with Crippen molar-refractivity contribution in [2.24, 2.45) is 0 Å². The highest BCUT2D eigenvalue weighted by molar-refractivity contribution is 4.55. The molecule has 0 amide bonds. The molecule has 5 heteroatoms. The molecule has 13 heavy (non-hydrogen) atoms. The lowest BCUT2D eigenvalue weighted by atomic mass is 10.5. The Morgan fingerprint density at radius 3 is 1.69 bits per heavy atom. The van der Waals surface area contributed by atoms with Gasteiger partial charge in [-0.25, -0.2) is 0 Å². The minimum atomic E-state index is -0.851. The fraction of sp³-hybridized carbons (Fsp3) is 1.00. The van der Waals surface area contributed by atoms with Crippen LogP contribution in [-0.4, -0.2) is 49.1 Å². The van der Waals surface area contributed by atoms with E-state index in [2.05, 4.69) is 5.32 Å². The summed E-state index contributed by atoms with van der Waals surface area (Å²) in [5, 5.41) is 20.9. The van der Waals surface area contributed by atoms with Crippen molar-refractivity contribution < 1.29 is 19.7 Å². The lowest BCUT2D eigenvalue weighted by Crippen LogP contribution is -2.43. The van der Waals surface area contributed by atoms with Crippen LogP contribution in [0.4, 0.5) is 0 Å². The van der Waals surface area contributed by atoms with Gasteiger partial charge in [0.2, 0.25) is 0 Å². The van der Waals surface area contributed by atoms with Gasteiger partial charge in [-0.2, -0.15) is 0 Å². The van der Waals surface area contributed by atoms with E-state index < -0.39 is 12.5 Å². The maximum absolute atomic E-state index is 9.20. The molecule has 2 atom stereocenters. The van der Waals surface area contributed by atoms with Crippen LogP contribution in [0.1, 0.15) is 13.8 Å². The highest BCUT2D eigenvalue weighted by Crippen LogP contribution is 1.86. The molecule has 0 spiro atoms. The molecule has 0 rings (SSSR count). The van der Waals surface area contributed by atoms with Crippen LogP contribution < -0.4 is 5.32 Å². The summed E-state index contributed by atoms with van der Waals surface area (Å²) in [6.07, 6.45) is -1.70. The topological polar surface area (TPSA) is 71.0 Å². The minimum Gasteiger partial charge on any atom is -0.378 e. The van der Waals surface area contributed by atoms with Crippen molar-refractivity contribution in [1.82, 2.24) is 5.32 Å². The van der Waals surface area contributed by atoms with Gasteiger partial charge in [0.1, 0.15) is 12.5 Å². The summed E-state index contributed by atoms with van der Waals surface area (Å²) < 4.78 is 9.87. The van der Waals surface area contributed by atoms with Crippen molar-refractivity contribution in [3.63, 3.8) is 0 Å². The van der Waals surface area contributed by atoms with Crippen LogP contribution in [0.15, 0.2) is 0 Å². The Morgan fingerprint density at radius 1 is 1.00 bits per heavy atom. The molecule has 0 aliphatic carbocycles. The molecular formula is C8H19NO4. The van der Waals surface area contributed by atoms with Gasteiger partial charge in [-0.15, -0.1) is 0 Å². The summed E-state index contributed by atoms with van der Waals surface area (Å²) in [6, 6.07) is 0. The van der Waals surface area contributed by atoms with E-state index in [1.807, 2.05) is 13.8 Å². The van der Waals surface area contributed by atoms with Crippen LogP contribution in [0.3, 0.4) is 0 Å². The van der Waals surface area contributed by atoms with E-state index >= 15 is 0 Å². The zero-order chi connectivity index (χ0) is 10.1. The zero-order valence-corrected chi connectivity index (χ0v) is 8.19. The number of rotatable bonds is 8. The second-order valence-corrected chi connectivity index (χ2v) is 2.52. The average molecular weight is 193 g/mol. The van der Waals surface area contributed by atoms with Gasteiger partial charge in [0, 0.05) is 13.2 Å². The second-order valence-electron chi connectivity index (χ2n) is 2.52. The number of ether oxygens (including phenoxy) is 2. The fourth-order valence-electron chi connectivity index (χ4n) is 0.777. The third-order valence-electron chi connectivity index (χ3n) is 1.34. The second kappa shape index (κ2) is 8.40. The van der Waals surface area contributed by atoms with E-state index in [4.69, 9.17) is 9.47 Å². The van der Waals surface area contributed by atoms with Crippen LogP contribution in [0.5, 0.6) is 0 Å². The van der Waals surface area contributed by atoms with Crippen LogP contribution in [0, 0.1) is 0 Å². The van der Waals surface area contributed by atoms with Gasteiger partial charge in [-0.3, -0.25) is 5.32 Å². The monoisotopic (exact) mass is 193 g/mol. The summed E-state index contributed by atoms with van der Waals surface area (Å²) >= 11 is 0. The Balaban J connectivity index is 3.35. The van der Waals surface area contributed by atoms with Crippen molar-refractivity contribution in [3.8, 4) is 0 Å².